The van der Waals surface area contributed by atoms with Crippen molar-refractivity contribution >= 4 is 0 Å². The summed E-state index contributed by atoms with van der Waals surface area (Å²) in [5.41, 5.74) is 0.285. The predicted octanol–water partition coefficient (Wildman–Crippen LogP) is 3.76. The van der Waals surface area contributed by atoms with Gasteiger partial charge < -0.3 is 0 Å². The van der Waals surface area contributed by atoms with Gasteiger partial charge in [0.2, 0.25) is 0 Å². The van der Waals surface area contributed by atoms with Crippen LogP contribution in [0.3, 0.4) is 0 Å². The second kappa shape index (κ2) is 5.11. The number of nitriles is 1. The molecule has 0 radical (unpaired) electrons. The summed E-state index contributed by atoms with van der Waals surface area (Å²) in [5, 5.41) is 9.15. The van der Waals surface area contributed by atoms with E-state index < -0.39 is 17.7 Å². The monoisotopic (exact) mass is 262 g/mol. The average Bonchev–Trinajstić information content (AvgIpc) is 2.40. The molecule has 0 saturated carbocycles. The van der Waals surface area contributed by atoms with Crippen LogP contribution in [0.15, 0.2) is 48.7 Å². The van der Waals surface area contributed by atoms with Crippen molar-refractivity contribution in [3.05, 3.63) is 65.5 Å². The maximum absolute atomic E-state index is 12.4. The van der Waals surface area contributed by atoms with Gasteiger partial charge in [0.15, 0.2) is 0 Å². The number of hydrogen-bond donors (Lipinski definition) is 0. The van der Waals surface area contributed by atoms with E-state index in [1.807, 2.05) is 6.07 Å². The highest BCUT2D eigenvalue weighted by atomic mass is 19.4. The molecule has 1 heterocycles. The van der Waals surface area contributed by atoms with E-state index >= 15 is 0 Å². The number of nitrogens with zero attached hydrogens (tertiary/aromatic N) is 2. The summed E-state index contributed by atoms with van der Waals surface area (Å²) < 4.78 is 37.3. The van der Waals surface area contributed by atoms with E-state index in [4.69, 9.17) is 5.26 Å². The number of halogens is 3. The Hall–Kier alpha value is -2.35. The number of benzene rings is 1. The first kappa shape index (κ1) is 13.1. The average molecular weight is 262 g/mol. The van der Waals surface area contributed by atoms with Crippen LogP contribution < -0.4 is 0 Å². The van der Waals surface area contributed by atoms with Crippen LogP contribution >= 0.6 is 0 Å². The van der Waals surface area contributed by atoms with Gasteiger partial charge in [-0.25, -0.2) is 0 Å². The highest BCUT2D eigenvalue weighted by molar-refractivity contribution is 5.36. The Balaban J connectivity index is 2.34. The van der Waals surface area contributed by atoms with E-state index in [9.17, 15) is 13.2 Å². The number of pyridine rings is 1. The van der Waals surface area contributed by atoms with E-state index in [0.717, 1.165) is 12.1 Å². The summed E-state index contributed by atoms with van der Waals surface area (Å²) in [6.07, 6.45) is -2.82. The summed E-state index contributed by atoms with van der Waals surface area (Å²) in [6, 6.07) is 11.7. The fourth-order valence-electron chi connectivity index (χ4n) is 1.72. The van der Waals surface area contributed by atoms with Gasteiger partial charge in [0.25, 0.3) is 0 Å². The van der Waals surface area contributed by atoms with E-state index in [1.54, 1.807) is 24.4 Å². The molecule has 0 aliphatic carbocycles. The molecule has 2 aromatic rings. The van der Waals surface area contributed by atoms with Crippen LogP contribution in [0.1, 0.15) is 22.7 Å². The van der Waals surface area contributed by atoms with Crippen LogP contribution in [0.2, 0.25) is 0 Å². The van der Waals surface area contributed by atoms with E-state index in [0.29, 0.717) is 11.3 Å². The standard InChI is InChI=1S/C14H9F3N2/c15-14(16,17)11-6-4-10(5-7-11)12(9-18)13-3-1-2-8-19-13/h1-8,12H. The summed E-state index contributed by atoms with van der Waals surface area (Å²) in [5.74, 6) is -0.663. The molecule has 2 rings (SSSR count). The minimum Gasteiger partial charge on any atom is -0.260 e. The summed E-state index contributed by atoms with van der Waals surface area (Å²) in [6.45, 7) is 0. The molecule has 5 heteroatoms. The zero-order valence-corrected chi connectivity index (χ0v) is 9.72. The Morgan fingerprint density at radius 2 is 1.74 bits per heavy atom. The van der Waals surface area contributed by atoms with Crippen LogP contribution in [0.25, 0.3) is 0 Å². The molecule has 2 nitrogen and oxygen atoms in total. The largest absolute Gasteiger partial charge is 0.416 e. The maximum atomic E-state index is 12.4. The fraction of sp³-hybridized carbons (Fsp3) is 0.143. The van der Waals surface area contributed by atoms with Crippen molar-refractivity contribution in [1.82, 2.24) is 4.98 Å². The van der Waals surface area contributed by atoms with Crippen molar-refractivity contribution in [2.75, 3.05) is 0 Å². The quantitative estimate of drug-likeness (QED) is 0.826. The second-order valence-electron chi connectivity index (χ2n) is 3.94. The molecule has 0 bridgehead atoms. The van der Waals surface area contributed by atoms with Gasteiger partial charge in [-0.2, -0.15) is 18.4 Å². The topological polar surface area (TPSA) is 36.7 Å². The highest BCUT2D eigenvalue weighted by Gasteiger charge is 2.30. The molecule has 0 aliphatic rings. The van der Waals surface area contributed by atoms with Crippen molar-refractivity contribution in [1.29, 1.82) is 5.26 Å². The second-order valence-corrected chi connectivity index (χ2v) is 3.94. The number of hydrogen-bond acceptors (Lipinski definition) is 2. The zero-order valence-electron chi connectivity index (χ0n) is 9.72. The first-order chi connectivity index (χ1) is 9.02. The van der Waals surface area contributed by atoms with Crippen LogP contribution in [0.4, 0.5) is 13.2 Å². The van der Waals surface area contributed by atoms with Gasteiger partial charge in [-0.1, -0.05) is 18.2 Å². The first-order valence-electron chi connectivity index (χ1n) is 5.50. The molecule has 1 unspecified atom stereocenters. The Morgan fingerprint density at radius 3 is 2.21 bits per heavy atom. The molecule has 96 valence electrons. The third-order valence-electron chi connectivity index (χ3n) is 2.68. The predicted molar refractivity (Wildman–Crippen MR) is 63.1 cm³/mol. The molecule has 0 fully saturated rings. The number of aromatic nitrogens is 1. The Labute approximate surface area is 108 Å². The third-order valence-corrected chi connectivity index (χ3v) is 2.68. The van der Waals surface area contributed by atoms with Gasteiger partial charge >= 0.3 is 6.18 Å². The fourth-order valence-corrected chi connectivity index (χ4v) is 1.72. The van der Waals surface area contributed by atoms with Crippen LogP contribution in [0, 0.1) is 11.3 Å². The molecule has 0 amide bonds. The Bertz CT molecular complexity index is 583. The minimum atomic E-state index is -4.37. The minimum absolute atomic E-state index is 0.495. The van der Waals surface area contributed by atoms with Crippen LogP contribution in [-0.2, 0) is 6.18 Å². The van der Waals surface area contributed by atoms with E-state index in [2.05, 4.69) is 4.98 Å². The Kier molecular flexibility index (Phi) is 3.52. The number of alkyl halides is 3. The van der Waals surface area contributed by atoms with Gasteiger partial charge in [-0.3, -0.25) is 4.98 Å². The Morgan fingerprint density at radius 1 is 1.05 bits per heavy atom. The van der Waals surface area contributed by atoms with E-state index in [1.165, 1.54) is 12.1 Å². The van der Waals surface area contributed by atoms with Crippen LogP contribution in [-0.4, -0.2) is 4.98 Å². The molecule has 0 N–H and O–H groups in total. The third kappa shape index (κ3) is 2.91. The molecule has 1 atom stereocenters. The van der Waals surface area contributed by atoms with Gasteiger partial charge in [0.1, 0.15) is 5.92 Å². The maximum Gasteiger partial charge on any atom is 0.416 e. The lowest BCUT2D eigenvalue weighted by atomic mass is 9.95. The lowest BCUT2D eigenvalue weighted by molar-refractivity contribution is -0.137. The van der Waals surface area contributed by atoms with Gasteiger partial charge in [-0.05, 0) is 29.8 Å². The molecule has 19 heavy (non-hydrogen) atoms. The number of rotatable bonds is 2. The van der Waals surface area contributed by atoms with Gasteiger partial charge in [0.05, 0.1) is 17.3 Å². The molecule has 0 spiro atoms. The molecule has 1 aromatic carbocycles. The highest BCUT2D eigenvalue weighted by Crippen LogP contribution is 2.31. The van der Waals surface area contributed by atoms with E-state index in [-0.39, 0.29) is 0 Å². The lowest BCUT2D eigenvalue weighted by Crippen LogP contribution is -2.06. The molecule has 0 aliphatic heterocycles. The summed E-state index contributed by atoms with van der Waals surface area (Å²) >= 11 is 0. The SMILES string of the molecule is N#CC(c1ccc(C(F)(F)F)cc1)c1ccccn1. The van der Waals surface area contributed by atoms with Gasteiger partial charge in [-0.15, -0.1) is 0 Å². The zero-order chi connectivity index (χ0) is 13.9. The van der Waals surface area contributed by atoms with Crippen molar-refractivity contribution in [3.8, 4) is 6.07 Å². The molecular weight excluding hydrogens is 253 g/mol. The lowest BCUT2D eigenvalue weighted by Gasteiger charge is -2.11. The van der Waals surface area contributed by atoms with Gasteiger partial charge in [0, 0.05) is 6.20 Å². The summed E-state index contributed by atoms with van der Waals surface area (Å²) in [7, 11) is 0. The van der Waals surface area contributed by atoms with Crippen molar-refractivity contribution in [2.24, 2.45) is 0 Å². The smallest absolute Gasteiger partial charge is 0.260 e. The molecule has 1 aromatic heterocycles. The first-order valence-corrected chi connectivity index (χ1v) is 5.50. The van der Waals surface area contributed by atoms with Crippen LogP contribution in [0.5, 0.6) is 0 Å². The normalized spacial score (nSPS) is 12.7. The van der Waals surface area contributed by atoms with Crippen molar-refractivity contribution in [2.45, 2.75) is 12.1 Å². The van der Waals surface area contributed by atoms with Crippen molar-refractivity contribution < 1.29 is 13.2 Å². The van der Waals surface area contributed by atoms with Crippen molar-refractivity contribution in [3.63, 3.8) is 0 Å². The molecular formula is C14H9F3N2. The molecule has 0 saturated heterocycles. The summed E-state index contributed by atoms with van der Waals surface area (Å²) in [4.78, 5) is 4.05.